The van der Waals surface area contributed by atoms with E-state index in [0.29, 0.717) is 11.6 Å². The fourth-order valence-corrected chi connectivity index (χ4v) is 2.47. The van der Waals surface area contributed by atoms with Gasteiger partial charge >= 0.3 is 5.97 Å². The number of carboxylic acids is 1. The van der Waals surface area contributed by atoms with Gasteiger partial charge in [0.25, 0.3) is 0 Å². The summed E-state index contributed by atoms with van der Waals surface area (Å²) in [7, 11) is 2.02. The molecule has 0 aliphatic rings. The van der Waals surface area contributed by atoms with Crippen LogP contribution in [0.3, 0.4) is 0 Å². The second-order valence-corrected chi connectivity index (χ2v) is 5.62. The Balaban J connectivity index is 2.08. The molecular weight excluding hydrogens is 286 g/mol. The lowest BCUT2D eigenvalue weighted by Gasteiger charge is -2.19. The van der Waals surface area contributed by atoms with Crippen molar-refractivity contribution in [2.24, 2.45) is 0 Å². The van der Waals surface area contributed by atoms with Gasteiger partial charge in [-0.2, -0.15) is 0 Å². The molecule has 0 saturated heterocycles. The minimum atomic E-state index is -0.961. The van der Waals surface area contributed by atoms with Gasteiger partial charge in [-0.15, -0.1) is 0 Å². The number of carboxylic acid groups (broad SMARTS) is 1. The Hall–Kier alpha value is -1.84. The lowest BCUT2D eigenvalue weighted by atomic mass is 10.1. The summed E-state index contributed by atoms with van der Waals surface area (Å²) in [6.45, 7) is 3.59. The predicted molar refractivity (Wildman–Crippen MR) is 84.8 cm³/mol. The normalized spacial score (nSPS) is 10.9. The maximum absolute atomic E-state index is 10.9. The van der Waals surface area contributed by atoms with Gasteiger partial charge in [0.1, 0.15) is 0 Å². The molecule has 0 aliphatic heterocycles. The summed E-state index contributed by atoms with van der Waals surface area (Å²) in [6, 6.07) is 13.1. The van der Waals surface area contributed by atoms with E-state index in [1.807, 2.05) is 19.2 Å². The number of aryl methyl sites for hydroxylation is 1. The number of aromatic carboxylic acids is 1. The molecule has 0 fully saturated rings. The highest BCUT2D eigenvalue weighted by atomic mass is 35.5. The van der Waals surface area contributed by atoms with Gasteiger partial charge in [-0.05, 0) is 42.8 Å². The van der Waals surface area contributed by atoms with E-state index < -0.39 is 5.97 Å². The smallest absolute Gasteiger partial charge is 0.335 e. The van der Waals surface area contributed by atoms with Gasteiger partial charge in [0.2, 0.25) is 0 Å². The van der Waals surface area contributed by atoms with E-state index in [1.54, 1.807) is 12.1 Å². The van der Waals surface area contributed by atoms with Crippen LogP contribution in [-0.4, -0.2) is 23.0 Å². The highest BCUT2D eigenvalue weighted by molar-refractivity contribution is 6.31. The number of hydrogen-bond donors (Lipinski definition) is 1. The fraction of sp³-hybridized carbons (Fsp3) is 0.235. The lowest BCUT2D eigenvalue weighted by molar-refractivity contribution is 0.0697. The summed E-state index contributed by atoms with van der Waals surface area (Å²) in [5.74, 6) is -0.961. The molecule has 0 radical (unpaired) electrons. The van der Waals surface area contributed by atoms with Gasteiger partial charge in [-0.3, -0.25) is 4.90 Å². The first-order valence-electron chi connectivity index (χ1n) is 6.72. The minimum absolute atomic E-state index is 0.213. The Morgan fingerprint density at radius 1 is 1.14 bits per heavy atom. The van der Waals surface area contributed by atoms with Crippen molar-refractivity contribution in [3.63, 3.8) is 0 Å². The third-order valence-electron chi connectivity index (χ3n) is 3.44. The molecule has 0 aliphatic carbocycles. The Bertz CT molecular complexity index is 655. The molecule has 2 aromatic carbocycles. The van der Waals surface area contributed by atoms with Crippen molar-refractivity contribution in [2.45, 2.75) is 20.0 Å². The van der Waals surface area contributed by atoms with Crippen LogP contribution >= 0.6 is 11.6 Å². The first-order valence-corrected chi connectivity index (χ1v) is 7.10. The Morgan fingerprint density at radius 3 is 2.43 bits per heavy atom. The van der Waals surface area contributed by atoms with Gasteiger partial charge in [0.05, 0.1) is 5.56 Å². The van der Waals surface area contributed by atoms with Crippen LogP contribution in [0, 0.1) is 6.92 Å². The van der Waals surface area contributed by atoms with Gasteiger partial charge in [-0.25, -0.2) is 4.79 Å². The molecule has 0 amide bonds. The summed E-state index contributed by atoms with van der Waals surface area (Å²) < 4.78 is 0. The van der Waals surface area contributed by atoms with Crippen LogP contribution in [0.5, 0.6) is 0 Å². The fourth-order valence-electron chi connectivity index (χ4n) is 2.23. The zero-order valence-electron chi connectivity index (χ0n) is 12.1. The molecule has 0 bridgehead atoms. The van der Waals surface area contributed by atoms with Crippen LogP contribution in [-0.2, 0) is 13.1 Å². The second kappa shape index (κ2) is 6.74. The highest BCUT2D eigenvalue weighted by Gasteiger charge is 2.09. The SMILES string of the molecule is Cc1ccccc1CN(C)Cc1ccc(C(=O)O)cc1Cl. The molecule has 2 rings (SSSR count). The van der Waals surface area contributed by atoms with E-state index in [-0.39, 0.29) is 5.56 Å². The van der Waals surface area contributed by atoms with E-state index in [9.17, 15) is 4.79 Å². The van der Waals surface area contributed by atoms with E-state index >= 15 is 0 Å². The summed E-state index contributed by atoms with van der Waals surface area (Å²) in [5.41, 5.74) is 3.68. The molecule has 1 N–H and O–H groups in total. The largest absolute Gasteiger partial charge is 0.478 e. The van der Waals surface area contributed by atoms with Crippen LogP contribution in [0.1, 0.15) is 27.0 Å². The maximum Gasteiger partial charge on any atom is 0.335 e. The number of rotatable bonds is 5. The quantitative estimate of drug-likeness (QED) is 0.908. The van der Waals surface area contributed by atoms with Crippen molar-refractivity contribution < 1.29 is 9.90 Å². The highest BCUT2D eigenvalue weighted by Crippen LogP contribution is 2.20. The van der Waals surface area contributed by atoms with E-state index in [2.05, 4.69) is 24.0 Å². The molecule has 0 saturated carbocycles. The van der Waals surface area contributed by atoms with Crippen molar-refractivity contribution in [1.29, 1.82) is 0 Å². The number of carbonyl (C=O) groups is 1. The molecule has 110 valence electrons. The molecule has 0 aromatic heterocycles. The first-order chi connectivity index (χ1) is 9.97. The Kier molecular flexibility index (Phi) is 4.99. The second-order valence-electron chi connectivity index (χ2n) is 5.21. The van der Waals surface area contributed by atoms with Gasteiger partial charge in [0, 0.05) is 18.1 Å². The zero-order chi connectivity index (χ0) is 15.4. The Labute approximate surface area is 129 Å². The van der Waals surface area contributed by atoms with Crippen LogP contribution in [0.25, 0.3) is 0 Å². The van der Waals surface area contributed by atoms with Crippen LogP contribution in [0.4, 0.5) is 0 Å². The zero-order valence-corrected chi connectivity index (χ0v) is 12.9. The molecule has 0 spiro atoms. The first kappa shape index (κ1) is 15.5. The average Bonchev–Trinajstić information content (AvgIpc) is 2.43. The van der Waals surface area contributed by atoms with E-state index in [4.69, 9.17) is 16.7 Å². The number of hydrogen-bond acceptors (Lipinski definition) is 2. The van der Waals surface area contributed by atoms with Gasteiger partial charge < -0.3 is 5.11 Å². The van der Waals surface area contributed by atoms with Crippen molar-refractivity contribution in [3.8, 4) is 0 Å². The van der Waals surface area contributed by atoms with E-state index in [0.717, 1.165) is 12.1 Å². The van der Waals surface area contributed by atoms with Crippen LogP contribution in [0.2, 0.25) is 5.02 Å². The summed E-state index contributed by atoms with van der Waals surface area (Å²) in [6.07, 6.45) is 0. The van der Waals surface area contributed by atoms with Gasteiger partial charge in [0.15, 0.2) is 0 Å². The van der Waals surface area contributed by atoms with Crippen molar-refractivity contribution in [2.75, 3.05) is 7.05 Å². The third kappa shape index (κ3) is 4.06. The Morgan fingerprint density at radius 2 is 1.81 bits per heavy atom. The summed E-state index contributed by atoms with van der Waals surface area (Å²) in [4.78, 5) is 13.1. The van der Waals surface area contributed by atoms with Crippen LogP contribution in [0.15, 0.2) is 42.5 Å². The monoisotopic (exact) mass is 303 g/mol. The minimum Gasteiger partial charge on any atom is -0.478 e. The standard InChI is InChI=1S/C17H18ClNO2/c1-12-5-3-4-6-14(12)10-19(2)11-15-8-7-13(17(20)21)9-16(15)18/h3-9H,10-11H2,1-2H3,(H,20,21). The molecule has 0 heterocycles. The average molecular weight is 304 g/mol. The summed E-state index contributed by atoms with van der Waals surface area (Å²) >= 11 is 6.16. The predicted octanol–water partition coefficient (Wildman–Crippen LogP) is 3.98. The number of halogens is 1. The van der Waals surface area contributed by atoms with Crippen molar-refractivity contribution in [1.82, 2.24) is 4.90 Å². The number of nitrogens with zero attached hydrogens (tertiary/aromatic N) is 1. The molecule has 21 heavy (non-hydrogen) atoms. The number of benzene rings is 2. The van der Waals surface area contributed by atoms with E-state index in [1.165, 1.54) is 17.2 Å². The van der Waals surface area contributed by atoms with Gasteiger partial charge in [-0.1, -0.05) is 41.9 Å². The third-order valence-corrected chi connectivity index (χ3v) is 3.79. The molecule has 4 heteroatoms. The van der Waals surface area contributed by atoms with Crippen LogP contribution < -0.4 is 0 Å². The molecule has 0 unspecified atom stereocenters. The molecule has 0 atom stereocenters. The summed E-state index contributed by atoms with van der Waals surface area (Å²) in [5, 5.41) is 9.43. The molecular formula is C17H18ClNO2. The van der Waals surface area contributed by atoms with Crippen molar-refractivity contribution >= 4 is 17.6 Å². The molecule has 2 aromatic rings. The lowest BCUT2D eigenvalue weighted by Crippen LogP contribution is -2.18. The van der Waals surface area contributed by atoms with Crippen molar-refractivity contribution in [3.05, 3.63) is 69.7 Å². The topological polar surface area (TPSA) is 40.5 Å². The molecule has 3 nitrogen and oxygen atoms in total. The maximum atomic E-state index is 10.9.